The maximum absolute atomic E-state index is 11.2. The monoisotopic (exact) mass is 230 g/mol. The summed E-state index contributed by atoms with van der Waals surface area (Å²) in [4.78, 5) is 12.8. The van der Waals surface area contributed by atoms with Crippen LogP contribution in [0.3, 0.4) is 0 Å². The zero-order valence-electron chi connectivity index (χ0n) is 10.2. The Kier molecular flexibility index (Phi) is 6.37. The van der Waals surface area contributed by atoms with Gasteiger partial charge < -0.3 is 19.7 Å². The van der Waals surface area contributed by atoms with E-state index in [1.807, 2.05) is 0 Å². The van der Waals surface area contributed by atoms with E-state index in [1.165, 1.54) is 0 Å². The fraction of sp³-hybridized carbons (Fsp3) is 0.909. The molecule has 0 saturated carbocycles. The number of amides is 1. The molecule has 1 amide bonds. The molecule has 94 valence electrons. The lowest BCUT2D eigenvalue weighted by molar-refractivity contribution is -0.129. The average molecular weight is 230 g/mol. The summed E-state index contributed by atoms with van der Waals surface area (Å²) in [5.41, 5.74) is 0. The Hall–Kier alpha value is -0.650. The smallest absolute Gasteiger partial charge is 0.222 e. The maximum atomic E-state index is 11.2. The van der Waals surface area contributed by atoms with Gasteiger partial charge in [-0.1, -0.05) is 0 Å². The first-order valence-electron chi connectivity index (χ1n) is 5.80. The third kappa shape index (κ3) is 5.44. The molecule has 1 saturated heterocycles. The number of morpholine rings is 1. The van der Waals surface area contributed by atoms with Crippen LogP contribution in [0.25, 0.3) is 0 Å². The number of nitrogens with zero attached hydrogens (tertiary/aromatic N) is 1. The summed E-state index contributed by atoms with van der Waals surface area (Å²) in [6.45, 7) is 3.78. The SMILES string of the molecule is CN(C)C(=O)CCCOCC1CNCCO1. The number of carbonyl (C=O) groups is 1. The Morgan fingerprint density at radius 3 is 3.00 bits per heavy atom. The Morgan fingerprint density at radius 2 is 2.38 bits per heavy atom. The number of hydrogen-bond donors (Lipinski definition) is 1. The van der Waals surface area contributed by atoms with E-state index in [1.54, 1.807) is 19.0 Å². The third-order valence-electron chi connectivity index (χ3n) is 2.49. The van der Waals surface area contributed by atoms with E-state index >= 15 is 0 Å². The predicted octanol–water partition coefficient (Wildman–Crippen LogP) is -0.140. The molecule has 5 nitrogen and oxygen atoms in total. The first-order valence-corrected chi connectivity index (χ1v) is 5.80. The van der Waals surface area contributed by atoms with Gasteiger partial charge in [-0.3, -0.25) is 4.79 Å². The van der Waals surface area contributed by atoms with Gasteiger partial charge in [0.2, 0.25) is 5.91 Å². The molecule has 1 aliphatic heterocycles. The highest BCUT2D eigenvalue weighted by Gasteiger charge is 2.12. The van der Waals surface area contributed by atoms with E-state index in [2.05, 4.69) is 5.32 Å². The molecule has 1 atom stereocenters. The van der Waals surface area contributed by atoms with Gasteiger partial charge in [0.05, 0.1) is 19.3 Å². The number of nitrogens with one attached hydrogen (secondary N) is 1. The van der Waals surface area contributed by atoms with E-state index in [0.717, 1.165) is 26.1 Å². The van der Waals surface area contributed by atoms with Crippen LogP contribution in [-0.2, 0) is 14.3 Å². The highest BCUT2D eigenvalue weighted by Crippen LogP contribution is 1.99. The number of carbonyl (C=O) groups excluding carboxylic acids is 1. The number of ether oxygens (including phenoxy) is 2. The van der Waals surface area contributed by atoms with Crippen LogP contribution in [0.1, 0.15) is 12.8 Å². The fourth-order valence-electron chi connectivity index (χ4n) is 1.49. The third-order valence-corrected chi connectivity index (χ3v) is 2.49. The molecule has 1 heterocycles. The Bertz CT molecular complexity index is 203. The van der Waals surface area contributed by atoms with Crippen molar-refractivity contribution >= 4 is 5.91 Å². The summed E-state index contributed by atoms with van der Waals surface area (Å²) >= 11 is 0. The van der Waals surface area contributed by atoms with Gasteiger partial charge in [0.1, 0.15) is 0 Å². The van der Waals surface area contributed by atoms with Crippen LogP contribution < -0.4 is 5.32 Å². The number of rotatable bonds is 6. The maximum Gasteiger partial charge on any atom is 0.222 e. The van der Waals surface area contributed by atoms with Gasteiger partial charge in [-0.25, -0.2) is 0 Å². The van der Waals surface area contributed by atoms with Crippen molar-refractivity contribution in [2.75, 3.05) is 47.0 Å². The van der Waals surface area contributed by atoms with E-state index in [-0.39, 0.29) is 12.0 Å². The summed E-state index contributed by atoms with van der Waals surface area (Å²) in [5.74, 6) is 0.152. The lowest BCUT2D eigenvalue weighted by atomic mass is 10.3. The van der Waals surface area contributed by atoms with Crippen LogP contribution in [-0.4, -0.2) is 63.9 Å². The molecule has 0 aliphatic carbocycles. The molecular weight excluding hydrogens is 208 g/mol. The van der Waals surface area contributed by atoms with Crippen LogP contribution in [0.5, 0.6) is 0 Å². The van der Waals surface area contributed by atoms with E-state index in [0.29, 0.717) is 19.6 Å². The first-order chi connectivity index (χ1) is 7.70. The molecule has 0 spiro atoms. The van der Waals surface area contributed by atoms with Gasteiger partial charge in [-0.2, -0.15) is 0 Å². The van der Waals surface area contributed by atoms with E-state index in [4.69, 9.17) is 9.47 Å². The zero-order chi connectivity index (χ0) is 11.8. The van der Waals surface area contributed by atoms with Crippen molar-refractivity contribution in [2.24, 2.45) is 0 Å². The normalized spacial score (nSPS) is 20.8. The van der Waals surface area contributed by atoms with Crippen molar-refractivity contribution < 1.29 is 14.3 Å². The molecule has 0 radical (unpaired) electrons. The Morgan fingerprint density at radius 1 is 1.56 bits per heavy atom. The molecule has 0 aromatic carbocycles. The highest BCUT2D eigenvalue weighted by atomic mass is 16.5. The van der Waals surface area contributed by atoms with Crippen molar-refractivity contribution in [1.82, 2.24) is 10.2 Å². The minimum absolute atomic E-state index is 0.152. The van der Waals surface area contributed by atoms with Crippen molar-refractivity contribution in [3.05, 3.63) is 0 Å². The molecule has 1 aliphatic rings. The summed E-state index contributed by atoms with van der Waals surface area (Å²) in [6, 6.07) is 0. The van der Waals surface area contributed by atoms with Crippen LogP contribution in [0.4, 0.5) is 0 Å². The molecular formula is C11H22N2O3. The largest absolute Gasteiger partial charge is 0.379 e. The molecule has 16 heavy (non-hydrogen) atoms. The van der Waals surface area contributed by atoms with Crippen molar-refractivity contribution in [2.45, 2.75) is 18.9 Å². The second-order valence-corrected chi connectivity index (χ2v) is 4.16. The van der Waals surface area contributed by atoms with Gasteiger partial charge in [0.25, 0.3) is 0 Å². The Balaban J connectivity index is 1.93. The quantitative estimate of drug-likeness (QED) is 0.645. The van der Waals surface area contributed by atoms with Crippen molar-refractivity contribution in [3.63, 3.8) is 0 Å². The lowest BCUT2D eigenvalue weighted by Gasteiger charge is -2.23. The van der Waals surface area contributed by atoms with Gasteiger partial charge >= 0.3 is 0 Å². The molecule has 0 aromatic heterocycles. The van der Waals surface area contributed by atoms with Gasteiger partial charge in [0.15, 0.2) is 0 Å². The lowest BCUT2D eigenvalue weighted by Crippen LogP contribution is -2.41. The minimum atomic E-state index is 0.152. The summed E-state index contributed by atoms with van der Waals surface area (Å²) in [6.07, 6.45) is 1.49. The minimum Gasteiger partial charge on any atom is -0.379 e. The molecule has 0 bridgehead atoms. The highest BCUT2D eigenvalue weighted by molar-refractivity contribution is 5.75. The second kappa shape index (κ2) is 7.60. The summed E-state index contributed by atoms with van der Waals surface area (Å²) in [7, 11) is 3.54. The van der Waals surface area contributed by atoms with Crippen LogP contribution in [0, 0.1) is 0 Å². The zero-order valence-corrected chi connectivity index (χ0v) is 10.2. The van der Waals surface area contributed by atoms with Crippen LogP contribution in [0.2, 0.25) is 0 Å². The standard InChI is InChI=1S/C11H22N2O3/c1-13(2)11(14)4-3-6-15-9-10-8-12-5-7-16-10/h10,12H,3-9H2,1-2H3. The molecule has 5 heteroatoms. The fourth-order valence-corrected chi connectivity index (χ4v) is 1.49. The van der Waals surface area contributed by atoms with Crippen LogP contribution in [0.15, 0.2) is 0 Å². The van der Waals surface area contributed by atoms with Crippen molar-refractivity contribution in [1.29, 1.82) is 0 Å². The summed E-state index contributed by atoms with van der Waals surface area (Å²) < 4.78 is 10.9. The van der Waals surface area contributed by atoms with Gasteiger partial charge in [-0.15, -0.1) is 0 Å². The summed E-state index contributed by atoms with van der Waals surface area (Å²) in [5, 5.41) is 3.24. The number of hydrogen-bond acceptors (Lipinski definition) is 4. The van der Waals surface area contributed by atoms with Gasteiger partial charge in [0, 0.05) is 40.2 Å². The van der Waals surface area contributed by atoms with Crippen molar-refractivity contribution in [3.8, 4) is 0 Å². The van der Waals surface area contributed by atoms with Gasteiger partial charge in [-0.05, 0) is 6.42 Å². The average Bonchev–Trinajstić information content (AvgIpc) is 2.29. The van der Waals surface area contributed by atoms with E-state index < -0.39 is 0 Å². The molecule has 1 rings (SSSR count). The molecule has 0 aromatic rings. The van der Waals surface area contributed by atoms with Crippen LogP contribution >= 0.6 is 0 Å². The molecule has 1 fully saturated rings. The Labute approximate surface area is 97.1 Å². The molecule has 1 N–H and O–H groups in total. The topological polar surface area (TPSA) is 50.8 Å². The first kappa shape index (κ1) is 13.4. The second-order valence-electron chi connectivity index (χ2n) is 4.16. The predicted molar refractivity (Wildman–Crippen MR) is 61.4 cm³/mol. The molecule has 1 unspecified atom stereocenters. The van der Waals surface area contributed by atoms with E-state index in [9.17, 15) is 4.79 Å².